The van der Waals surface area contributed by atoms with Crippen molar-refractivity contribution < 1.29 is 17.9 Å². The number of anilines is 1. The monoisotopic (exact) mass is 219 g/mol. The van der Waals surface area contributed by atoms with Crippen molar-refractivity contribution in [1.29, 1.82) is 0 Å². The van der Waals surface area contributed by atoms with Crippen LogP contribution in [0, 0.1) is 17.5 Å². The Bertz CT molecular complexity index is 307. The third kappa shape index (κ3) is 3.43. The summed E-state index contributed by atoms with van der Waals surface area (Å²) in [6.07, 6.45) is 0.618. The average Bonchev–Trinajstić information content (AvgIpc) is 2.15. The first-order chi connectivity index (χ1) is 7.15. The zero-order valence-electron chi connectivity index (χ0n) is 8.32. The SMILES string of the molecule is COCCCNc1c(F)cc(F)cc1F. The maximum atomic E-state index is 13.0. The molecule has 1 aromatic carbocycles. The highest BCUT2D eigenvalue weighted by atomic mass is 19.1. The van der Waals surface area contributed by atoms with Gasteiger partial charge in [-0.2, -0.15) is 0 Å². The van der Waals surface area contributed by atoms with Gasteiger partial charge < -0.3 is 10.1 Å². The van der Waals surface area contributed by atoms with Gasteiger partial charge in [-0.15, -0.1) is 0 Å². The molecule has 5 heteroatoms. The molecule has 2 nitrogen and oxygen atoms in total. The van der Waals surface area contributed by atoms with Crippen molar-refractivity contribution in [2.75, 3.05) is 25.6 Å². The van der Waals surface area contributed by atoms with Gasteiger partial charge in [0.15, 0.2) is 11.6 Å². The van der Waals surface area contributed by atoms with E-state index in [1.165, 1.54) is 0 Å². The summed E-state index contributed by atoms with van der Waals surface area (Å²) in [6.45, 7) is 0.866. The molecule has 1 aromatic rings. The molecule has 0 saturated carbocycles. The Kier molecular flexibility index (Phi) is 4.42. The van der Waals surface area contributed by atoms with Crippen molar-refractivity contribution >= 4 is 5.69 Å². The van der Waals surface area contributed by atoms with Crippen LogP contribution in [0.1, 0.15) is 6.42 Å². The molecule has 1 N–H and O–H groups in total. The van der Waals surface area contributed by atoms with Gasteiger partial charge in [-0.25, -0.2) is 13.2 Å². The molecule has 0 amide bonds. The predicted molar refractivity (Wildman–Crippen MR) is 51.3 cm³/mol. The van der Waals surface area contributed by atoms with E-state index >= 15 is 0 Å². The van der Waals surface area contributed by atoms with E-state index in [0.717, 1.165) is 0 Å². The average molecular weight is 219 g/mol. The third-order valence-electron chi connectivity index (χ3n) is 1.83. The van der Waals surface area contributed by atoms with E-state index in [-0.39, 0.29) is 5.69 Å². The smallest absolute Gasteiger partial charge is 0.152 e. The molecule has 0 saturated heterocycles. The number of nitrogens with one attached hydrogen (secondary N) is 1. The van der Waals surface area contributed by atoms with E-state index in [0.29, 0.717) is 31.7 Å². The quantitative estimate of drug-likeness (QED) is 0.768. The van der Waals surface area contributed by atoms with Crippen LogP contribution in [0.5, 0.6) is 0 Å². The second-order valence-corrected chi connectivity index (χ2v) is 3.02. The second-order valence-electron chi connectivity index (χ2n) is 3.02. The Morgan fingerprint density at radius 3 is 2.33 bits per heavy atom. The van der Waals surface area contributed by atoms with Gasteiger partial charge >= 0.3 is 0 Å². The van der Waals surface area contributed by atoms with E-state index in [4.69, 9.17) is 4.74 Å². The molecule has 0 heterocycles. The van der Waals surface area contributed by atoms with E-state index < -0.39 is 17.5 Å². The Balaban J connectivity index is 2.60. The summed E-state index contributed by atoms with van der Waals surface area (Å²) in [6, 6.07) is 1.28. The van der Waals surface area contributed by atoms with E-state index in [9.17, 15) is 13.2 Å². The number of hydrogen-bond donors (Lipinski definition) is 1. The summed E-state index contributed by atoms with van der Waals surface area (Å²) in [7, 11) is 1.54. The van der Waals surface area contributed by atoms with Crippen LogP contribution in [0.2, 0.25) is 0 Å². The lowest BCUT2D eigenvalue weighted by Gasteiger charge is -2.08. The molecule has 0 aliphatic heterocycles. The summed E-state index contributed by atoms with van der Waals surface area (Å²) < 4.78 is 43.4. The lowest BCUT2D eigenvalue weighted by molar-refractivity contribution is 0.197. The van der Waals surface area contributed by atoms with Gasteiger partial charge in [0.2, 0.25) is 0 Å². The molecule has 1 rings (SSSR count). The first-order valence-electron chi connectivity index (χ1n) is 4.52. The largest absolute Gasteiger partial charge is 0.385 e. The van der Waals surface area contributed by atoms with Crippen molar-refractivity contribution in [2.24, 2.45) is 0 Å². The number of hydrogen-bond acceptors (Lipinski definition) is 2. The molecule has 0 unspecified atom stereocenters. The standard InChI is InChI=1S/C10H12F3NO/c1-15-4-2-3-14-10-8(12)5-7(11)6-9(10)13/h5-6,14H,2-4H2,1H3. The van der Waals surface area contributed by atoms with Gasteiger partial charge in [0, 0.05) is 32.4 Å². The van der Waals surface area contributed by atoms with Crippen LogP contribution in [0.15, 0.2) is 12.1 Å². The Morgan fingerprint density at radius 1 is 1.20 bits per heavy atom. The zero-order valence-corrected chi connectivity index (χ0v) is 8.32. The maximum Gasteiger partial charge on any atom is 0.152 e. The lowest BCUT2D eigenvalue weighted by atomic mass is 10.2. The maximum absolute atomic E-state index is 13.0. The Morgan fingerprint density at radius 2 is 1.80 bits per heavy atom. The van der Waals surface area contributed by atoms with Crippen molar-refractivity contribution in [3.8, 4) is 0 Å². The summed E-state index contributed by atoms with van der Waals surface area (Å²) in [5.74, 6) is -2.78. The van der Waals surface area contributed by atoms with Crippen LogP contribution >= 0.6 is 0 Å². The Hall–Kier alpha value is -1.23. The van der Waals surface area contributed by atoms with Crippen LogP contribution in [0.25, 0.3) is 0 Å². The number of methoxy groups -OCH3 is 1. The van der Waals surface area contributed by atoms with Gasteiger partial charge in [0.05, 0.1) is 0 Å². The van der Waals surface area contributed by atoms with Gasteiger partial charge in [0.1, 0.15) is 11.5 Å². The van der Waals surface area contributed by atoms with Crippen LogP contribution in [-0.4, -0.2) is 20.3 Å². The third-order valence-corrected chi connectivity index (χ3v) is 1.83. The zero-order chi connectivity index (χ0) is 11.3. The first kappa shape index (κ1) is 11.8. The van der Waals surface area contributed by atoms with Gasteiger partial charge in [-0.3, -0.25) is 0 Å². The molecular weight excluding hydrogens is 207 g/mol. The number of ether oxygens (including phenoxy) is 1. The Labute approximate surface area is 86.1 Å². The van der Waals surface area contributed by atoms with Crippen molar-refractivity contribution in [1.82, 2.24) is 0 Å². The molecule has 84 valence electrons. The summed E-state index contributed by atoms with van der Waals surface area (Å²) in [4.78, 5) is 0. The summed E-state index contributed by atoms with van der Waals surface area (Å²) in [5, 5.41) is 2.55. The van der Waals surface area contributed by atoms with E-state index in [1.54, 1.807) is 7.11 Å². The second kappa shape index (κ2) is 5.60. The lowest BCUT2D eigenvalue weighted by Crippen LogP contribution is -2.08. The highest BCUT2D eigenvalue weighted by molar-refractivity contribution is 5.46. The van der Waals surface area contributed by atoms with Crippen molar-refractivity contribution in [3.05, 3.63) is 29.6 Å². The van der Waals surface area contributed by atoms with Crippen LogP contribution < -0.4 is 5.32 Å². The number of benzene rings is 1. The number of halogens is 3. The summed E-state index contributed by atoms with van der Waals surface area (Å²) >= 11 is 0. The van der Waals surface area contributed by atoms with Gasteiger partial charge in [-0.1, -0.05) is 0 Å². The van der Waals surface area contributed by atoms with Crippen molar-refractivity contribution in [2.45, 2.75) is 6.42 Å². The fraction of sp³-hybridized carbons (Fsp3) is 0.400. The number of rotatable bonds is 5. The minimum Gasteiger partial charge on any atom is -0.385 e. The molecule has 0 aliphatic rings. The van der Waals surface area contributed by atoms with Gasteiger partial charge in [0.25, 0.3) is 0 Å². The fourth-order valence-corrected chi connectivity index (χ4v) is 1.14. The molecule has 0 aromatic heterocycles. The highest BCUT2D eigenvalue weighted by Crippen LogP contribution is 2.19. The topological polar surface area (TPSA) is 21.3 Å². The molecule has 0 atom stereocenters. The molecular formula is C10H12F3NO. The highest BCUT2D eigenvalue weighted by Gasteiger charge is 2.10. The fourth-order valence-electron chi connectivity index (χ4n) is 1.14. The van der Waals surface area contributed by atoms with Gasteiger partial charge in [-0.05, 0) is 6.42 Å². The normalized spacial score (nSPS) is 10.4. The van der Waals surface area contributed by atoms with Crippen LogP contribution in [0.4, 0.5) is 18.9 Å². The molecule has 0 fully saturated rings. The predicted octanol–water partition coefficient (Wildman–Crippen LogP) is 2.55. The minimum atomic E-state index is -0.926. The molecule has 0 spiro atoms. The summed E-state index contributed by atoms with van der Waals surface area (Å²) in [5.41, 5.74) is -0.299. The first-order valence-corrected chi connectivity index (χ1v) is 4.52. The molecule has 15 heavy (non-hydrogen) atoms. The molecule has 0 radical (unpaired) electrons. The van der Waals surface area contributed by atoms with Crippen LogP contribution in [-0.2, 0) is 4.74 Å². The van der Waals surface area contributed by atoms with Crippen LogP contribution in [0.3, 0.4) is 0 Å². The van der Waals surface area contributed by atoms with E-state index in [1.807, 2.05) is 0 Å². The van der Waals surface area contributed by atoms with Crippen molar-refractivity contribution in [3.63, 3.8) is 0 Å². The minimum absolute atomic E-state index is 0.299. The van der Waals surface area contributed by atoms with E-state index in [2.05, 4.69) is 5.32 Å². The molecule has 0 aliphatic carbocycles. The molecule has 0 bridgehead atoms.